The molecule has 0 bridgehead atoms. The second-order valence-corrected chi connectivity index (χ2v) is 7.69. The molecule has 2 amide bonds. The predicted molar refractivity (Wildman–Crippen MR) is 108 cm³/mol. The number of anilines is 1. The van der Waals surface area contributed by atoms with Gasteiger partial charge < -0.3 is 10.6 Å². The van der Waals surface area contributed by atoms with Crippen LogP contribution in [0.2, 0.25) is 0 Å². The molecule has 6 heteroatoms. The Hall–Kier alpha value is -2.47. The molecule has 1 saturated carbocycles. The maximum atomic E-state index is 12.0. The summed E-state index contributed by atoms with van der Waals surface area (Å²) in [5.41, 5.74) is 7.86. The van der Waals surface area contributed by atoms with Crippen LogP contribution in [0, 0.1) is 12.8 Å². The van der Waals surface area contributed by atoms with E-state index >= 15 is 0 Å². The minimum atomic E-state index is -0.472. The molecule has 3 rings (SSSR count). The highest BCUT2D eigenvalue weighted by Gasteiger charge is 2.34. The van der Waals surface area contributed by atoms with Gasteiger partial charge in [-0.3, -0.25) is 9.88 Å². The van der Waals surface area contributed by atoms with E-state index in [0.717, 1.165) is 25.0 Å². The second kappa shape index (κ2) is 8.48. The summed E-state index contributed by atoms with van der Waals surface area (Å²) in [4.78, 5) is 24.5. The van der Waals surface area contributed by atoms with Crippen LogP contribution in [0.3, 0.4) is 0 Å². The maximum Gasteiger partial charge on any atom is 0.320 e. The number of aromatic nitrogens is 2. The Morgan fingerprint density at radius 2 is 1.89 bits per heavy atom. The summed E-state index contributed by atoms with van der Waals surface area (Å²) in [5, 5.41) is 0. The van der Waals surface area contributed by atoms with Crippen molar-refractivity contribution < 1.29 is 4.79 Å². The van der Waals surface area contributed by atoms with Crippen LogP contribution in [0.25, 0.3) is 0 Å². The Morgan fingerprint density at radius 1 is 1.15 bits per heavy atom. The molecule has 144 valence electrons. The average Bonchev–Trinajstić information content (AvgIpc) is 2.67. The summed E-state index contributed by atoms with van der Waals surface area (Å²) < 4.78 is 0. The molecule has 0 aliphatic heterocycles. The van der Waals surface area contributed by atoms with E-state index in [1.54, 1.807) is 17.3 Å². The van der Waals surface area contributed by atoms with Gasteiger partial charge in [-0.2, -0.15) is 0 Å². The number of nitrogens with zero attached hydrogens (tertiary/aromatic N) is 4. The van der Waals surface area contributed by atoms with Crippen LogP contribution in [0.1, 0.15) is 36.4 Å². The number of urea groups is 1. The van der Waals surface area contributed by atoms with Gasteiger partial charge in [0.2, 0.25) is 0 Å². The molecular weight excluding hydrogens is 338 g/mol. The number of primary amides is 1. The Kier molecular flexibility index (Phi) is 6.06. The van der Waals surface area contributed by atoms with Crippen LogP contribution in [-0.2, 0) is 0 Å². The lowest BCUT2D eigenvalue weighted by molar-refractivity contribution is 0.161. The Morgan fingerprint density at radius 3 is 2.48 bits per heavy atom. The molecule has 0 saturated heterocycles. The Bertz CT molecular complexity index is 747. The summed E-state index contributed by atoms with van der Waals surface area (Å²) in [6.45, 7) is 2.46. The second-order valence-electron chi connectivity index (χ2n) is 7.69. The first-order valence-corrected chi connectivity index (χ1v) is 9.52. The first kappa shape index (κ1) is 19.3. The van der Waals surface area contributed by atoms with E-state index in [1.807, 2.05) is 6.92 Å². The molecule has 1 fully saturated rings. The highest BCUT2D eigenvalue weighted by atomic mass is 16.2. The van der Waals surface area contributed by atoms with Gasteiger partial charge in [-0.1, -0.05) is 30.3 Å². The van der Waals surface area contributed by atoms with E-state index in [-0.39, 0.29) is 0 Å². The number of nitrogens with two attached hydrogens (primary N) is 1. The smallest absolute Gasteiger partial charge is 0.320 e. The van der Waals surface area contributed by atoms with Crippen LogP contribution in [0.5, 0.6) is 0 Å². The van der Waals surface area contributed by atoms with Crippen molar-refractivity contribution in [2.24, 2.45) is 11.7 Å². The molecule has 1 heterocycles. The number of hydrogen-bond acceptors (Lipinski definition) is 4. The SMILES string of the molecule is Cc1cnc(N(CC2CCC(c3ccccc3)C(N(C)C)C2)C(N)=O)cn1. The van der Waals surface area contributed by atoms with Gasteiger partial charge >= 0.3 is 6.03 Å². The molecule has 1 aromatic carbocycles. The molecule has 2 N–H and O–H groups in total. The summed E-state index contributed by atoms with van der Waals surface area (Å²) in [7, 11) is 4.28. The van der Waals surface area contributed by atoms with Crippen molar-refractivity contribution in [3.05, 3.63) is 54.0 Å². The molecular formula is C21H29N5O. The normalized spacial score (nSPS) is 22.6. The maximum absolute atomic E-state index is 12.0. The number of aryl methyl sites for hydroxylation is 1. The zero-order chi connectivity index (χ0) is 19.4. The highest BCUT2D eigenvalue weighted by molar-refractivity contribution is 5.89. The van der Waals surface area contributed by atoms with Crippen LogP contribution < -0.4 is 10.6 Å². The van der Waals surface area contributed by atoms with Gasteiger partial charge in [0, 0.05) is 12.6 Å². The monoisotopic (exact) mass is 367 g/mol. The minimum Gasteiger partial charge on any atom is -0.351 e. The minimum absolute atomic E-state index is 0.382. The molecule has 1 aromatic heterocycles. The van der Waals surface area contributed by atoms with Crippen molar-refractivity contribution in [3.63, 3.8) is 0 Å². The zero-order valence-corrected chi connectivity index (χ0v) is 16.4. The fourth-order valence-corrected chi connectivity index (χ4v) is 4.14. The fraction of sp³-hybridized carbons (Fsp3) is 0.476. The van der Waals surface area contributed by atoms with Gasteiger partial charge in [0.05, 0.1) is 18.1 Å². The first-order chi connectivity index (χ1) is 13.0. The number of rotatable bonds is 5. The summed E-state index contributed by atoms with van der Waals surface area (Å²) in [6.07, 6.45) is 6.48. The highest BCUT2D eigenvalue weighted by Crippen LogP contribution is 2.38. The van der Waals surface area contributed by atoms with Gasteiger partial charge in [-0.15, -0.1) is 0 Å². The Balaban J connectivity index is 1.74. The van der Waals surface area contributed by atoms with E-state index in [2.05, 4.69) is 59.3 Å². The lowest BCUT2D eigenvalue weighted by atomic mass is 9.74. The molecule has 2 aromatic rings. The van der Waals surface area contributed by atoms with Crippen LogP contribution >= 0.6 is 0 Å². The number of benzene rings is 1. The number of amides is 2. The van der Waals surface area contributed by atoms with Crippen molar-refractivity contribution in [1.82, 2.24) is 14.9 Å². The van der Waals surface area contributed by atoms with E-state index in [4.69, 9.17) is 5.73 Å². The molecule has 3 atom stereocenters. The predicted octanol–water partition coefficient (Wildman–Crippen LogP) is 3.18. The van der Waals surface area contributed by atoms with Crippen molar-refractivity contribution in [2.75, 3.05) is 25.5 Å². The van der Waals surface area contributed by atoms with Crippen molar-refractivity contribution >= 4 is 11.8 Å². The third-order valence-corrected chi connectivity index (χ3v) is 5.57. The van der Waals surface area contributed by atoms with Gasteiger partial charge in [0.1, 0.15) is 0 Å². The lowest BCUT2D eigenvalue weighted by Gasteiger charge is -2.41. The van der Waals surface area contributed by atoms with E-state index in [9.17, 15) is 4.79 Å². The summed E-state index contributed by atoms with van der Waals surface area (Å²) in [6, 6.07) is 10.7. The first-order valence-electron chi connectivity index (χ1n) is 9.52. The molecule has 0 spiro atoms. The molecule has 6 nitrogen and oxygen atoms in total. The molecule has 1 aliphatic rings. The van der Waals surface area contributed by atoms with Crippen molar-refractivity contribution in [2.45, 2.75) is 38.1 Å². The largest absolute Gasteiger partial charge is 0.351 e. The van der Waals surface area contributed by atoms with E-state index in [0.29, 0.717) is 30.2 Å². The Labute approximate surface area is 161 Å². The van der Waals surface area contributed by atoms with Crippen LogP contribution in [0.15, 0.2) is 42.7 Å². The molecule has 27 heavy (non-hydrogen) atoms. The summed E-state index contributed by atoms with van der Waals surface area (Å²) in [5.74, 6) is 1.42. The van der Waals surface area contributed by atoms with Gasteiger partial charge in [-0.05, 0) is 57.7 Å². The quantitative estimate of drug-likeness (QED) is 0.881. The number of carbonyl (C=O) groups excluding carboxylic acids is 1. The molecule has 0 radical (unpaired) electrons. The third-order valence-electron chi connectivity index (χ3n) is 5.57. The van der Waals surface area contributed by atoms with Gasteiger partial charge in [0.15, 0.2) is 5.82 Å². The van der Waals surface area contributed by atoms with Gasteiger partial charge in [0.25, 0.3) is 0 Å². The van der Waals surface area contributed by atoms with Crippen molar-refractivity contribution in [3.8, 4) is 0 Å². The number of likely N-dealkylation sites (N-methyl/N-ethyl adjacent to an activating group) is 1. The molecule has 3 unspecified atom stereocenters. The van der Waals surface area contributed by atoms with E-state index < -0.39 is 6.03 Å². The number of carbonyl (C=O) groups is 1. The van der Waals surface area contributed by atoms with Crippen molar-refractivity contribution in [1.29, 1.82) is 0 Å². The fourth-order valence-electron chi connectivity index (χ4n) is 4.14. The molecule has 1 aliphatic carbocycles. The third kappa shape index (κ3) is 4.63. The van der Waals surface area contributed by atoms with Crippen LogP contribution in [0.4, 0.5) is 10.6 Å². The average molecular weight is 367 g/mol. The topological polar surface area (TPSA) is 75.3 Å². The zero-order valence-electron chi connectivity index (χ0n) is 16.4. The summed E-state index contributed by atoms with van der Waals surface area (Å²) >= 11 is 0. The van der Waals surface area contributed by atoms with Gasteiger partial charge in [-0.25, -0.2) is 9.78 Å². The van der Waals surface area contributed by atoms with Crippen LogP contribution in [-0.4, -0.2) is 47.6 Å². The number of hydrogen-bond donors (Lipinski definition) is 1. The standard InChI is InChI=1S/C21H29N5O/c1-15-12-24-20(13-23-15)26(21(22)27)14-16-9-10-18(19(11-16)25(2)3)17-7-5-4-6-8-17/h4-8,12-13,16,18-19H,9-11,14H2,1-3H3,(H2,22,27). The van der Waals surface area contributed by atoms with E-state index in [1.165, 1.54) is 5.56 Å². The lowest BCUT2D eigenvalue weighted by Crippen LogP contribution is -2.45.